The van der Waals surface area contributed by atoms with E-state index in [4.69, 9.17) is 4.18 Å². The summed E-state index contributed by atoms with van der Waals surface area (Å²) in [5, 5.41) is 0. The SMILES string of the molecule is CCCC(C)(CN(C)S(=O)OC)c1ccccc1. The lowest BCUT2D eigenvalue weighted by Gasteiger charge is -2.33. The summed E-state index contributed by atoms with van der Waals surface area (Å²) < 4.78 is 18.3. The maximum atomic E-state index is 11.6. The lowest BCUT2D eigenvalue weighted by molar-refractivity contribution is 0.311. The molecule has 18 heavy (non-hydrogen) atoms. The molecule has 102 valence electrons. The fraction of sp³-hybridized carbons (Fsp3) is 0.571. The zero-order chi connectivity index (χ0) is 13.6. The fourth-order valence-electron chi connectivity index (χ4n) is 2.38. The second-order valence-electron chi connectivity index (χ2n) is 4.85. The average molecular weight is 269 g/mol. The summed E-state index contributed by atoms with van der Waals surface area (Å²) in [4.78, 5) is 0. The van der Waals surface area contributed by atoms with Crippen LogP contribution in [0.4, 0.5) is 0 Å². The van der Waals surface area contributed by atoms with E-state index in [-0.39, 0.29) is 5.41 Å². The predicted molar refractivity (Wildman–Crippen MR) is 76.5 cm³/mol. The molecule has 0 fully saturated rings. The van der Waals surface area contributed by atoms with Gasteiger partial charge >= 0.3 is 0 Å². The summed E-state index contributed by atoms with van der Waals surface area (Å²) in [5.41, 5.74) is 1.28. The summed E-state index contributed by atoms with van der Waals surface area (Å²) in [6.45, 7) is 5.11. The van der Waals surface area contributed by atoms with E-state index in [1.54, 1.807) is 4.31 Å². The third kappa shape index (κ3) is 3.90. The fourth-order valence-corrected chi connectivity index (χ4v) is 3.02. The summed E-state index contributed by atoms with van der Waals surface area (Å²) in [6, 6.07) is 10.4. The van der Waals surface area contributed by atoms with Crippen LogP contribution in [-0.2, 0) is 20.9 Å². The molecule has 0 saturated carbocycles. The Morgan fingerprint density at radius 1 is 1.33 bits per heavy atom. The van der Waals surface area contributed by atoms with Gasteiger partial charge < -0.3 is 0 Å². The molecular formula is C14H23NO2S. The molecule has 1 aromatic carbocycles. The van der Waals surface area contributed by atoms with Gasteiger partial charge in [0.1, 0.15) is 0 Å². The van der Waals surface area contributed by atoms with Crippen LogP contribution in [0.1, 0.15) is 32.3 Å². The van der Waals surface area contributed by atoms with Crippen LogP contribution in [-0.4, -0.2) is 29.2 Å². The highest BCUT2D eigenvalue weighted by molar-refractivity contribution is 7.77. The summed E-state index contributed by atoms with van der Waals surface area (Å²) in [5.74, 6) is 0. The Labute approximate surface area is 113 Å². The van der Waals surface area contributed by atoms with Crippen LogP contribution in [0.25, 0.3) is 0 Å². The summed E-state index contributed by atoms with van der Waals surface area (Å²) >= 11 is -1.36. The van der Waals surface area contributed by atoms with E-state index in [0.29, 0.717) is 6.54 Å². The van der Waals surface area contributed by atoms with Crippen LogP contribution < -0.4 is 0 Å². The Balaban J connectivity index is 2.91. The van der Waals surface area contributed by atoms with Crippen molar-refractivity contribution >= 4 is 11.3 Å². The van der Waals surface area contributed by atoms with Crippen molar-refractivity contribution in [2.75, 3.05) is 20.7 Å². The molecule has 0 amide bonds. The minimum absolute atomic E-state index is 0.00104. The van der Waals surface area contributed by atoms with Crippen molar-refractivity contribution in [3.05, 3.63) is 35.9 Å². The number of benzene rings is 1. The van der Waals surface area contributed by atoms with Crippen molar-refractivity contribution in [1.82, 2.24) is 4.31 Å². The van der Waals surface area contributed by atoms with E-state index < -0.39 is 11.3 Å². The molecule has 0 aliphatic heterocycles. The highest BCUT2D eigenvalue weighted by atomic mass is 32.2. The maximum Gasteiger partial charge on any atom is 0.236 e. The summed E-state index contributed by atoms with van der Waals surface area (Å²) in [6.07, 6.45) is 2.15. The van der Waals surface area contributed by atoms with Crippen molar-refractivity contribution in [2.45, 2.75) is 32.1 Å². The quantitative estimate of drug-likeness (QED) is 0.761. The molecule has 2 atom stereocenters. The van der Waals surface area contributed by atoms with Crippen LogP contribution in [0, 0.1) is 0 Å². The molecule has 0 N–H and O–H groups in total. The largest absolute Gasteiger partial charge is 0.281 e. The standard InChI is InChI=1S/C14H23NO2S/c1-5-11-14(2,12-15(3)18(16)17-4)13-9-7-6-8-10-13/h6-10H,5,11-12H2,1-4H3. The van der Waals surface area contributed by atoms with E-state index in [0.717, 1.165) is 12.8 Å². The molecule has 0 saturated heterocycles. The predicted octanol–water partition coefficient (Wildman–Crippen LogP) is 2.90. The van der Waals surface area contributed by atoms with Crippen molar-refractivity contribution < 1.29 is 8.39 Å². The van der Waals surface area contributed by atoms with Gasteiger partial charge in [-0.05, 0) is 12.0 Å². The van der Waals surface area contributed by atoms with Gasteiger partial charge in [-0.3, -0.25) is 4.18 Å². The maximum absolute atomic E-state index is 11.6. The molecule has 0 aliphatic carbocycles. The first-order valence-corrected chi connectivity index (χ1v) is 7.29. The van der Waals surface area contributed by atoms with E-state index >= 15 is 0 Å². The van der Waals surface area contributed by atoms with Crippen LogP contribution in [0.5, 0.6) is 0 Å². The van der Waals surface area contributed by atoms with Crippen molar-refractivity contribution in [3.63, 3.8) is 0 Å². The minimum atomic E-state index is -1.36. The molecule has 0 radical (unpaired) electrons. The van der Waals surface area contributed by atoms with Gasteiger partial charge in [0.2, 0.25) is 11.3 Å². The normalized spacial score (nSPS) is 16.5. The third-order valence-corrected chi connectivity index (χ3v) is 4.16. The molecule has 4 heteroatoms. The Morgan fingerprint density at radius 3 is 2.44 bits per heavy atom. The highest BCUT2D eigenvalue weighted by Gasteiger charge is 2.28. The van der Waals surface area contributed by atoms with Crippen molar-refractivity contribution in [2.24, 2.45) is 0 Å². The molecular weight excluding hydrogens is 246 g/mol. The molecule has 3 nitrogen and oxygen atoms in total. The van der Waals surface area contributed by atoms with Gasteiger partial charge in [-0.1, -0.05) is 50.6 Å². The van der Waals surface area contributed by atoms with E-state index in [2.05, 4.69) is 38.1 Å². The Hall–Kier alpha value is -0.710. The smallest absolute Gasteiger partial charge is 0.236 e. The lowest BCUT2D eigenvalue weighted by atomic mass is 9.78. The first-order chi connectivity index (χ1) is 8.53. The molecule has 1 rings (SSSR count). The second kappa shape index (κ2) is 7.02. The monoisotopic (exact) mass is 269 g/mol. The number of nitrogens with zero attached hydrogens (tertiary/aromatic N) is 1. The Kier molecular flexibility index (Phi) is 5.99. The van der Waals surface area contributed by atoms with Gasteiger partial charge in [0, 0.05) is 19.0 Å². The second-order valence-corrected chi connectivity index (χ2v) is 6.24. The van der Waals surface area contributed by atoms with Crippen LogP contribution >= 0.6 is 0 Å². The molecule has 2 unspecified atom stereocenters. The van der Waals surface area contributed by atoms with Gasteiger partial charge in [-0.15, -0.1) is 0 Å². The van der Waals surface area contributed by atoms with Gasteiger partial charge in [0.05, 0.1) is 7.11 Å². The van der Waals surface area contributed by atoms with Crippen molar-refractivity contribution in [1.29, 1.82) is 0 Å². The zero-order valence-electron chi connectivity index (χ0n) is 11.7. The molecule has 0 aliphatic rings. The van der Waals surface area contributed by atoms with Crippen molar-refractivity contribution in [3.8, 4) is 0 Å². The van der Waals surface area contributed by atoms with Gasteiger partial charge in [0.15, 0.2) is 0 Å². The van der Waals surface area contributed by atoms with Gasteiger partial charge in [-0.25, -0.2) is 8.51 Å². The molecule has 0 bridgehead atoms. The first-order valence-electron chi connectivity index (χ1n) is 6.26. The molecule has 0 spiro atoms. The van der Waals surface area contributed by atoms with E-state index in [9.17, 15) is 4.21 Å². The number of hydrogen-bond acceptors (Lipinski definition) is 2. The molecule has 0 aromatic heterocycles. The van der Waals surface area contributed by atoms with Crippen LogP contribution in [0.15, 0.2) is 30.3 Å². The number of hydrogen-bond donors (Lipinski definition) is 0. The van der Waals surface area contributed by atoms with Gasteiger partial charge in [0.25, 0.3) is 0 Å². The van der Waals surface area contributed by atoms with Crippen LogP contribution in [0.2, 0.25) is 0 Å². The molecule has 0 heterocycles. The lowest BCUT2D eigenvalue weighted by Crippen LogP contribution is -2.38. The Bertz CT molecular complexity index is 383. The average Bonchev–Trinajstić information content (AvgIpc) is 2.39. The number of likely N-dealkylation sites (N-methyl/N-ethyl adjacent to an activating group) is 1. The Morgan fingerprint density at radius 2 is 1.94 bits per heavy atom. The van der Waals surface area contributed by atoms with E-state index in [1.807, 2.05) is 13.1 Å². The molecule has 1 aromatic rings. The first kappa shape index (κ1) is 15.3. The zero-order valence-corrected chi connectivity index (χ0v) is 12.5. The third-order valence-electron chi connectivity index (χ3n) is 3.24. The summed E-state index contributed by atoms with van der Waals surface area (Å²) in [7, 11) is 3.29. The topological polar surface area (TPSA) is 29.5 Å². The highest BCUT2D eigenvalue weighted by Crippen LogP contribution is 2.30. The van der Waals surface area contributed by atoms with Crippen LogP contribution in [0.3, 0.4) is 0 Å². The number of rotatable bonds is 7. The van der Waals surface area contributed by atoms with Gasteiger partial charge in [-0.2, -0.15) is 0 Å². The van der Waals surface area contributed by atoms with E-state index in [1.165, 1.54) is 12.7 Å². The minimum Gasteiger partial charge on any atom is -0.281 e.